The summed E-state index contributed by atoms with van der Waals surface area (Å²) in [6.07, 6.45) is 0.793. The minimum atomic E-state index is -0.815. The molecule has 4 N–H and O–H groups in total. The van der Waals surface area contributed by atoms with E-state index >= 15 is 0 Å². The Bertz CT molecular complexity index is 543. The number of benzene rings is 1. The third-order valence-corrected chi connectivity index (χ3v) is 3.29. The molecule has 0 aliphatic heterocycles. The first-order chi connectivity index (χ1) is 10.8. The molecule has 2 unspecified atom stereocenters. The molecule has 0 aromatic heterocycles. The molecule has 6 nitrogen and oxygen atoms in total. The van der Waals surface area contributed by atoms with Gasteiger partial charge in [-0.1, -0.05) is 44.2 Å². The molecule has 2 atom stereocenters. The second-order valence-corrected chi connectivity index (χ2v) is 6.03. The molecular weight excluding hydrogens is 294 g/mol. The molecule has 0 aliphatic rings. The minimum absolute atomic E-state index is 0.251. The Labute approximate surface area is 136 Å². The molecule has 0 saturated carbocycles. The van der Waals surface area contributed by atoms with Gasteiger partial charge < -0.3 is 11.1 Å². The van der Waals surface area contributed by atoms with Crippen molar-refractivity contribution in [2.24, 2.45) is 11.7 Å². The normalized spacial score (nSPS) is 13.3. The Morgan fingerprint density at radius 2 is 1.70 bits per heavy atom. The van der Waals surface area contributed by atoms with Crippen LogP contribution in [0.4, 0.5) is 0 Å². The van der Waals surface area contributed by atoms with Gasteiger partial charge in [-0.25, -0.2) is 0 Å². The molecule has 1 aromatic rings. The van der Waals surface area contributed by atoms with E-state index in [0.717, 1.165) is 5.56 Å². The fourth-order valence-electron chi connectivity index (χ4n) is 2.22. The van der Waals surface area contributed by atoms with Gasteiger partial charge in [-0.15, -0.1) is 0 Å². The smallest absolute Gasteiger partial charge is 0.249 e. The van der Waals surface area contributed by atoms with Gasteiger partial charge in [-0.2, -0.15) is 0 Å². The number of amides is 3. The first-order valence-corrected chi connectivity index (χ1v) is 7.71. The first kappa shape index (κ1) is 18.8. The van der Waals surface area contributed by atoms with Crippen LogP contribution in [0.5, 0.6) is 0 Å². The van der Waals surface area contributed by atoms with Crippen LogP contribution in [0.3, 0.4) is 0 Å². The highest BCUT2D eigenvalue weighted by atomic mass is 16.2. The lowest BCUT2D eigenvalue weighted by Crippen LogP contribution is -2.52. The van der Waals surface area contributed by atoms with E-state index in [-0.39, 0.29) is 11.8 Å². The number of imide groups is 1. The van der Waals surface area contributed by atoms with Crippen LogP contribution in [-0.4, -0.2) is 29.8 Å². The summed E-state index contributed by atoms with van der Waals surface area (Å²) in [5, 5.41) is 4.86. The van der Waals surface area contributed by atoms with Crippen molar-refractivity contribution in [3.63, 3.8) is 0 Å². The lowest BCUT2D eigenvalue weighted by Gasteiger charge is -2.19. The second kappa shape index (κ2) is 9.05. The van der Waals surface area contributed by atoms with Gasteiger partial charge in [-0.3, -0.25) is 19.7 Å². The van der Waals surface area contributed by atoms with Crippen molar-refractivity contribution in [1.82, 2.24) is 10.6 Å². The summed E-state index contributed by atoms with van der Waals surface area (Å²) < 4.78 is 0. The molecule has 1 rings (SSSR count). The molecular formula is C17H25N3O3. The van der Waals surface area contributed by atoms with Crippen LogP contribution in [0, 0.1) is 5.92 Å². The summed E-state index contributed by atoms with van der Waals surface area (Å²) in [6.45, 7) is 5.23. The van der Waals surface area contributed by atoms with Gasteiger partial charge in [0.15, 0.2) is 0 Å². The summed E-state index contributed by atoms with van der Waals surface area (Å²) in [6, 6.07) is 7.72. The Morgan fingerprint density at radius 3 is 2.22 bits per heavy atom. The van der Waals surface area contributed by atoms with Crippen LogP contribution in [0.1, 0.15) is 32.8 Å². The molecule has 126 valence electrons. The molecule has 0 spiro atoms. The molecule has 6 heteroatoms. The largest absolute Gasteiger partial charge is 0.344 e. The summed E-state index contributed by atoms with van der Waals surface area (Å²) in [7, 11) is 0. The number of nitrogens with two attached hydrogens (primary N) is 1. The lowest BCUT2D eigenvalue weighted by atomic mass is 10.0. The van der Waals surface area contributed by atoms with Crippen LogP contribution in [-0.2, 0) is 20.8 Å². The van der Waals surface area contributed by atoms with E-state index < -0.39 is 23.9 Å². The molecule has 0 bridgehead atoms. The number of nitrogens with one attached hydrogen (secondary N) is 2. The second-order valence-electron chi connectivity index (χ2n) is 6.03. The Kier molecular flexibility index (Phi) is 7.41. The average Bonchev–Trinajstić information content (AvgIpc) is 2.46. The van der Waals surface area contributed by atoms with Crippen LogP contribution >= 0.6 is 0 Å². The van der Waals surface area contributed by atoms with Gasteiger partial charge in [0.1, 0.15) is 6.04 Å². The number of carbonyl (C=O) groups excluding carboxylic acids is 3. The molecule has 1 aromatic carbocycles. The first-order valence-electron chi connectivity index (χ1n) is 7.71. The topological polar surface area (TPSA) is 101 Å². The summed E-state index contributed by atoms with van der Waals surface area (Å²) in [4.78, 5) is 35.6. The number of rotatable bonds is 7. The zero-order valence-corrected chi connectivity index (χ0v) is 13.8. The molecule has 0 fully saturated rings. The van der Waals surface area contributed by atoms with Crippen LogP contribution in [0.15, 0.2) is 30.3 Å². The van der Waals surface area contributed by atoms with Crippen molar-refractivity contribution >= 4 is 17.7 Å². The SMILES string of the molecule is CC(=O)NC(Cc1ccccc1)C(=O)NC(=O)C(N)CC(C)C. The highest BCUT2D eigenvalue weighted by Crippen LogP contribution is 2.05. The van der Waals surface area contributed by atoms with E-state index in [0.29, 0.717) is 12.8 Å². The van der Waals surface area contributed by atoms with Gasteiger partial charge in [0.2, 0.25) is 17.7 Å². The van der Waals surface area contributed by atoms with Crippen molar-refractivity contribution in [2.45, 2.75) is 45.7 Å². The molecule has 0 heterocycles. The highest BCUT2D eigenvalue weighted by molar-refractivity contribution is 6.01. The maximum absolute atomic E-state index is 12.3. The summed E-state index contributed by atoms with van der Waals surface area (Å²) >= 11 is 0. The van der Waals surface area contributed by atoms with Gasteiger partial charge in [0, 0.05) is 13.3 Å². The van der Waals surface area contributed by atoms with E-state index in [2.05, 4.69) is 10.6 Å². The zero-order chi connectivity index (χ0) is 17.4. The Hall–Kier alpha value is -2.21. The van der Waals surface area contributed by atoms with Gasteiger partial charge in [-0.05, 0) is 17.9 Å². The molecule has 0 aliphatic carbocycles. The average molecular weight is 319 g/mol. The highest BCUT2D eigenvalue weighted by Gasteiger charge is 2.24. The monoisotopic (exact) mass is 319 g/mol. The predicted octanol–water partition coefficient (Wildman–Crippen LogP) is 0.750. The number of hydrogen-bond donors (Lipinski definition) is 3. The van der Waals surface area contributed by atoms with Crippen LogP contribution < -0.4 is 16.4 Å². The van der Waals surface area contributed by atoms with Crippen molar-refractivity contribution in [3.05, 3.63) is 35.9 Å². The third kappa shape index (κ3) is 7.06. The maximum Gasteiger partial charge on any atom is 0.249 e. The van der Waals surface area contributed by atoms with Crippen LogP contribution in [0.25, 0.3) is 0 Å². The minimum Gasteiger partial charge on any atom is -0.344 e. The number of hydrogen-bond acceptors (Lipinski definition) is 4. The summed E-state index contributed by atoms with van der Waals surface area (Å²) in [5.74, 6) is -1.15. The Balaban J connectivity index is 2.72. The van der Waals surface area contributed by atoms with Gasteiger partial charge in [0.25, 0.3) is 0 Å². The van der Waals surface area contributed by atoms with E-state index in [4.69, 9.17) is 5.73 Å². The molecule has 23 heavy (non-hydrogen) atoms. The van der Waals surface area contributed by atoms with Gasteiger partial charge in [0.05, 0.1) is 6.04 Å². The quantitative estimate of drug-likeness (QED) is 0.690. The Morgan fingerprint density at radius 1 is 1.09 bits per heavy atom. The molecule has 3 amide bonds. The predicted molar refractivity (Wildman–Crippen MR) is 88.3 cm³/mol. The van der Waals surface area contributed by atoms with Gasteiger partial charge >= 0.3 is 0 Å². The van der Waals surface area contributed by atoms with Crippen molar-refractivity contribution < 1.29 is 14.4 Å². The number of carbonyl (C=O) groups is 3. The van der Waals surface area contributed by atoms with E-state index in [1.54, 1.807) is 0 Å². The maximum atomic E-state index is 12.3. The standard InChI is InChI=1S/C17H25N3O3/c1-11(2)9-14(18)16(22)20-17(23)15(19-12(3)21)10-13-7-5-4-6-8-13/h4-8,11,14-15H,9-10,18H2,1-3H3,(H,19,21)(H,20,22,23). The summed E-state index contributed by atoms with van der Waals surface area (Å²) in [5.41, 5.74) is 6.66. The van der Waals surface area contributed by atoms with E-state index in [9.17, 15) is 14.4 Å². The van der Waals surface area contributed by atoms with E-state index in [1.165, 1.54) is 6.92 Å². The molecule has 0 radical (unpaired) electrons. The lowest BCUT2D eigenvalue weighted by molar-refractivity contribution is -0.134. The third-order valence-electron chi connectivity index (χ3n) is 3.29. The van der Waals surface area contributed by atoms with Crippen molar-refractivity contribution in [1.29, 1.82) is 0 Å². The zero-order valence-electron chi connectivity index (χ0n) is 13.8. The van der Waals surface area contributed by atoms with Crippen LogP contribution in [0.2, 0.25) is 0 Å². The van der Waals surface area contributed by atoms with Crippen molar-refractivity contribution in [3.8, 4) is 0 Å². The fraction of sp³-hybridized carbons (Fsp3) is 0.471. The van der Waals surface area contributed by atoms with E-state index in [1.807, 2.05) is 44.2 Å². The van der Waals surface area contributed by atoms with Crippen molar-refractivity contribution in [2.75, 3.05) is 0 Å². The fourth-order valence-corrected chi connectivity index (χ4v) is 2.22. The molecule has 0 saturated heterocycles.